The zero-order chi connectivity index (χ0) is 13.1. The highest BCUT2D eigenvalue weighted by Gasteiger charge is 2.23. The number of nitrogens with zero attached hydrogens (tertiary/aromatic N) is 2. The van der Waals surface area contributed by atoms with E-state index in [0.717, 1.165) is 16.8 Å². The first-order chi connectivity index (χ1) is 8.56. The van der Waals surface area contributed by atoms with Gasteiger partial charge in [0.1, 0.15) is 16.5 Å². The van der Waals surface area contributed by atoms with Crippen LogP contribution in [0, 0.1) is 5.92 Å². The van der Waals surface area contributed by atoms with Crippen molar-refractivity contribution in [3.63, 3.8) is 0 Å². The van der Waals surface area contributed by atoms with Crippen molar-refractivity contribution >= 4 is 15.9 Å². The highest BCUT2D eigenvalue weighted by molar-refractivity contribution is 9.10. The molecule has 0 radical (unpaired) electrons. The Morgan fingerprint density at radius 2 is 2.00 bits per heavy atom. The van der Waals surface area contributed by atoms with Gasteiger partial charge in [0.05, 0.1) is 0 Å². The van der Waals surface area contributed by atoms with E-state index in [0.29, 0.717) is 23.8 Å². The number of hydrogen-bond acceptors (Lipinski definition) is 3. The Morgan fingerprint density at radius 1 is 1.28 bits per heavy atom. The third kappa shape index (κ3) is 3.44. The SMILES string of the molecule is CC(C)c1nc(Br)cc(OC2CCCCC2C)n1. The predicted molar refractivity (Wildman–Crippen MR) is 75.9 cm³/mol. The van der Waals surface area contributed by atoms with Crippen LogP contribution in [0.15, 0.2) is 10.7 Å². The molecule has 1 aromatic rings. The summed E-state index contributed by atoms with van der Waals surface area (Å²) in [6, 6.07) is 1.87. The molecule has 0 aliphatic heterocycles. The van der Waals surface area contributed by atoms with Crippen LogP contribution in [0.4, 0.5) is 0 Å². The van der Waals surface area contributed by atoms with Crippen LogP contribution in [0.5, 0.6) is 5.88 Å². The monoisotopic (exact) mass is 312 g/mol. The van der Waals surface area contributed by atoms with Crippen LogP contribution < -0.4 is 4.74 Å². The predicted octanol–water partition coefficient (Wildman–Crippen LogP) is 4.32. The average molecular weight is 313 g/mol. The molecule has 1 saturated carbocycles. The van der Waals surface area contributed by atoms with E-state index in [-0.39, 0.29) is 0 Å². The Kier molecular flexibility index (Phi) is 4.60. The summed E-state index contributed by atoms with van der Waals surface area (Å²) in [7, 11) is 0. The second-order valence-electron chi connectivity index (χ2n) is 5.46. The van der Waals surface area contributed by atoms with E-state index < -0.39 is 0 Å². The molecule has 0 N–H and O–H groups in total. The summed E-state index contributed by atoms with van der Waals surface area (Å²) in [5, 5.41) is 0. The topological polar surface area (TPSA) is 35.0 Å². The molecule has 1 aliphatic carbocycles. The van der Waals surface area contributed by atoms with E-state index in [1.165, 1.54) is 19.3 Å². The molecule has 2 rings (SSSR count). The third-order valence-corrected chi connectivity index (χ3v) is 3.92. The molecule has 1 aliphatic rings. The van der Waals surface area contributed by atoms with Crippen LogP contribution in [0.2, 0.25) is 0 Å². The van der Waals surface area contributed by atoms with Crippen molar-refractivity contribution in [1.82, 2.24) is 9.97 Å². The molecule has 1 heterocycles. The largest absolute Gasteiger partial charge is 0.474 e. The number of aromatic nitrogens is 2. The van der Waals surface area contributed by atoms with Crippen LogP contribution in [0.3, 0.4) is 0 Å². The highest BCUT2D eigenvalue weighted by atomic mass is 79.9. The molecular formula is C14H21BrN2O. The minimum Gasteiger partial charge on any atom is -0.474 e. The van der Waals surface area contributed by atoms with Crippen LogP contribution >= 0.6 is 15.9 Å². The minimum absolute atomic E-state index is 0.306. The van der Waals surface area contributed by atoms with Crippen molar-refractivity contribution < 1.29 is 4.74 Å². The van der Waals surface area contributed by atoms with Crippen molar-refractivity contribution in [3.8, 4) is 5.88 Å². The highest BCUT2D eigenvalue weighted by Crippen LogP contribution is 2.28. The molecule has 2 unspecified atom stereocenters. The van der Waals surface area contributed by atoms with Gasteiger partial charge < -0.3 is 4.74 Å². The minimum atomic E-state index is 0.306. The summed E-state index contributed by atoms with van der Waals surface area (Å²) in [4.78, 5) is 8.87. The van der Waals surface area contributed by atoms with Gasteiger partial charge in [0.2, 0.25) is 5.88 Å². The van der Waals surface area contributed by atoms with Crippen LogP contribution in [0.25, 0.3) is 0 Å². The van der Waals surface area contributed by atoms with Gasteiger partial charge in [0.25, 0.3) is 0 Å². The Bertz CT molecular complexity index is 409. The lowest BCUT2D eigenvalue weighted by molar-refractivity contribution is 0.0969. The molecule has 18 heavy (non-hydrogen) atoms. The first-order valence-electron chi connectivity index (χ1n) is 6.77. The lowest BCUT2D eigenvalue weighted by Crippen LogP contribution is -2.28. The number of ether oxygens (including phenoxy) is 1. The van der Waals surface area contributed by atoms with Gasteiger partial charge in [-0.3, -0.25) is 0 Å². The zero-order valence-electron chi connectivity index (χ0n) is 11.3. The average Bonchev–Trinajstić information content (AvgIpc) is 2.31. The molecule has 100 valence electrons. The maximum atomic E-state index is 6.06. The van der Waals surface area contributed by atoms with Crippen LogP contribution in [0.1, 0.15) is 58.2 Å². The van der Waals surface area contributed by atoms with E-state index in [4.69, 9.17) is 4.74 Å². The van der Waals surface area contributed by atoms with E-state index in [1.807, 2.05) is 6.07 Å². The van der Waals surface area contributed by atoms with Gasteiger partial charge in [-0.15, -0.1) is 0 Å². The molecular weight excluding hydrogens is 292 g/mol. The fourth-order valence-corrected chi connectivity index (χ4v) is 2.72. The van der Waals surface area contributed by atoms with Gasteiger partial charge in [-0.05, 0) is 41.1 Å². The fourth-order valence-electron chi connectivity index (χ4n) is 2.34. The summed E-state index contributed by atoms with van der Waals surface area (Å²) in [5.41, 5.74) is 0. The molecule has 1 aromatic heterocycles. The smallest absolute Gasteiger partial charge is 0.218 e. The van der Waals surface area contributed by atoms with Crippen molar-refractivity contribution in [2.75, 3.05) is 0 Å². The zero-order valence-corrected chi connectivity index (χ0v) is 12.9. The van der Waals surface area contributed by atoms with Crippen LogP contribution in [-0.4, -0.2) is 16.1 Å². The summed E-state index contributed by atoms with van der Waals surface area (Å²) in [6.45, 7) is 6.45. The summed E-state index contributed by atoms with van der Waals surface area (Å²) >= 11 is 3.43. The quantitative estimate of drug-likeness (QED) is 0.780. The van der Waals surface area contributed by atoms with Crippen LogP contribution in [-0.2, 0) is 0 Å². The normalized spacial score (nSPS) is 24.3. The maximum Gasteiger partial charge on any atom is 0.218 e. The summed E-state index contributed by atoms with van der Waals surface area (Å²) in [5.74, 6) is 2.48. The van der Waals surface area contributed by atoms with Gasteiger partial charge in [0.15, 0.2) is 0 Å². The van der Waals surface area contributed by atoms with Gasteiger partial charge >= 0.3 is 0 Å². The standard InChI is InChI=1S/C14H21BrN2O/c1-9(2)14-16-12(15)8-13(17-14)18-11-7-5-4-6-10(11)3/h8-11H,4-7H2,1-3H3. The number of halogens is 1. The molecule has 1 fully saturated rings. The summed E-state index contributed by atoms with van der Waals surface area (Å²) in [6.07, 6.45) is 5.29. The molecule has 0 amide bonds. The Labute approximate surface area is 117 Å². The number of rotatable bonds is 3. The van der Waals surface area contributed by atoms with E-state index in [1.54, 1.807) is 0 Å². The van der Waals surface area contributed by atoms with Crippen molar-refractivity contribution in [1.29, 1.82) is 0 Å². The molecule has 2 atom stereocenters. The van der Waals surface area contributed by atoms with Gasteiger partial charge in [0, 0.05) is 12.0 Å². The molecule has 4 heteroatoms. The molecule has 0 bridgehead atoms. The Balaban J connectivity index is 2.12. The van der Waals surface area contributed by atoms with Crippen molar-refractivity contribution in [2.24, 2.45) is 5.92 Å². The van der Waals surface area contributed by atoms with Gasteiger partial charge in [-0.25, -0.2) is 4.98 Å². The first-order valence-corrected chi connectivity index (χ1v) is 7.56. The molecule has 0 aromatic carbocycles. The van der Waals surface area contributed by atoms with Crippen molar-refractivity contribution in [2.45, 2.75) is 58.5 Å². The molecule has 0 saturated heterocycles. The molecule has 3 nitrogen and oxygen atoms in total. The van der Waals surface area contributed by atoms with Crippen molar-refractivity contribution in [3.05, 3.63) is 16.5 Å². The number of hydrogen-bond donors (Lipinski definition) is 0. The second-order valence-corrected chi connectivity index (χ2v) is 6.27. The Hall–Kier alpha value is -0.640. The summed E-state index contributed by atoms with van der Waals surface area (Å²) < 4.78 is 6.86. The molecule has 0 spiro atoms. The first kappa shape index (κ1) is 13.8. The fraction of sp³-hybridized carbons (Fsp3) is 0.714. The Morgan fingerprint density at radius 3 is 2.67 bits per heavy atom. The van der Waals surface area contributed by atoms with Gasteiger partial charge in [-0.1, -0.05) is 27.2 Å². The van der Waals surface area contributed by atoms with E-state index >= 15 is 0 Å². The van der Waals surface area contributed by atoms with Gasteiger partial charge in [-0.2, -0.15) is 4.98 Å². The van der Waals surface area contributed by atoms with E-state index in [9.17, 15) is 0 Å². The lowest BCUT2D eigenvalue weighted by atomic mass is 9.88. The van der Waals surface area contributed by atoms with E-state index in [2.05, 4.69) is 46.7 Å². The second kappa shape index (κ2) is 6.00. The lowest BCUT2D eigenvalue weighted by Gasteiger charge is -2.28. The third-order valence-electron chi connectivity index (χ3n) is 3.51. The maximum absolute atomic E-state index is 6.06.